The number of carbonyl (C=O) groups excluding carboxylic acids is 1. The summed E-state index contributed by atoms with van der Waals surface area (Å²) in [6.07, 6.45) is 3.21. The van der Waals surface area contributed by atoms with Gasteiger partial charge < -0.3 is 14.6 Å². The lowest BCUT2D eigenvalue weighted by molar-refractivity contribution is 0.0668. The minimum atomic E-state index is -0.393. The Morgan fingerprint density at radius 3 is 2.86 bits per heavy atom. The highest BCUT2D eigenvalue weighted by molar-refractivity contribution is 7.98. The fourth-order valence-corrected chi connectivity index (χ4v) is 3.11. The maximum absolute atomic E-state index is 13.1. The number of hydrogen-bond acceptors (Lipinski definition) is 7. The van der Waals surface area contributed by atoms with Crippen molar-refractivity contribution in [2.45, 2.75) is 11.7 Å². The van der Waals surface area contributed by atoms with Crippen LogP contribution < -0.4 is 5.56 Å². The zero-order chi connectivity index (χ0) is 20.1. The van der Waals surface area contributed by atoms with E-state index in [-0.39, 0.29) is 29.4 Å². The third kappa shape index (κ3) is 4.49. The summed E-state index contributed by atoms with van der Waals surface area (Å²) in [6.45, 7) is 0.666. The van der Waals surface area contributed by atoms with Crippen LogP contribution in [-0.2, 0) is 11.3 Å². The molecule has 0 spiro atoms. The number of halogens is 1. The van der Waals surface area contributed by atoms with Crippen molar-refractivity contribution in [1.82, 2.24) is 24.8 Å². The molecular formula is C18H18ClN5O3S. The monoisotopic (exact) mass is 419 g/mol. The smallest absolute Gasteiger partial charge is 0.274 e. The van der Waals surface area contributed by atoms with E-state index in [0.29, 0.717) is 28.5 Å². The Morgan fingerprint density at radius 1 is 1.32 bits per heavy atom. The molecule has 1 amide bonds. The van der Waals surface area contributed by atoms with E-state index in [9.17, 15) is 9.59 Å². The molecule has 0 aliphatic rings. The summed E-state index contributed by atoms with van der Waals surface area (Å²) in [5.41, 5.74) is 0.398. The first-order valence-corrected chi connectivity index (χ1v) is 9.96. The molecule has 3 aromatic rings. The van der Waals surface area contributed by atoms with E-state index in [1.807, 2.05) is 6.26 Å². The van der Waals surface area contributed by atoms with Crippen molar-refractivity contribution in [1.29, 1.82) is 0 Å². The molecule has 0 atom stereocenters. The van der Waals surface area contributed by atoms with Gasteiger partial charge in [0.1, 0.15) is 5.82 Å². The van der Waals surface area contributed by atoms with Crippen molar-refractivity contribution in [2.24, 2.45) is 0 Å². The maximum Gasteiger partial charge on any atom is 0.274 e. The molecule has 0 radical (unpaired) electrons. The summed E-state index contributed by atoms with van der Waals surface area (Å²) in [6, 6.07) is 7.02. The Labute approximate surface area is 170 Å². The van der Waals surface area contributed by atoms with E-state index < -0.39 is 5.91 Å². The van der Waals surface area contributed by atoms with Gasteiger partial charge in [-0.3, -0.25) is 9.59 Å². The number of benzene rings is 1. The van der Waals surface area contributed by atoms with Gasteiger partial charge >= 0.3 is 0 Å². The number of methoxy groups -OCH3 is 1. The zero-order valence-corrected chi connectivity index (χ0v) is 16.9. The molecule has 2 heterocycles. The average Bonchev–Trinajstić information content (AvgIpc) is 2.71. The third-order valence-electron chi connectivity index (χ3n) is 3.96. The van der Waals surface area contributed by atoms with Gasteiger partial charge in [-0.15, -0.1) is 0 Å². The largest absolute Gasteiger partial charge is 0.383 e. The molecule has 0 bridgehead atoms. The molecule has 1 N–H and O–H groups in total. The summed E-state index contributed by atoms with van der Waals surface area (Å²) >= 11 is 7.46. The predicted molar refractivity (Wildman–Crippen MR) is 108 cm³/mol. The summed E-state index contributed by atoms with van der Waals surface area (Å²) in [4.78, 5) is 42.3. The predicted octanol–water partition coefficient (Wildman–Crippen LogP) is 2.38. The number of aromatic amines is 1. The highest BCUT2D eigenvalue weighted by Crippen LogP contribution is 2.19. The number of nitrogens with one attached hydrogen (secondary N) is 1. The van der Waals surface area contributed by atoms with Gasteiger partial charge in [0, 0.05) is 13.7 Å². The molecule has 3 rings (SSSR count). The van der Waals surface area contributed by atoms with Gasteiger partial charge in [-0.05, 0) is 18.4 Å². The molecule has 8 nitrogen and oxygen atoms in total. The highest BCUT2D eigenvalue weighted by Gasteiger charge is 2.22. The number of fused-ring (bicyclic) bond motifs is 1. The van der Waals surface area contributed by atoms with E-state index in [0.717, 1.165) is 0 Å². The van der Waals surface area contributed by atoms with Crippen molar-refractivity contribution in [2.75, 3.05) is 26.5 Å². The van der Waals surface area contributed by atoms with Gasteiger partial charge in [-0.25, -0.2) is 15.0 Å². The molecule has 146 valence electrons. The Balaban J connectivity index is 1.94. The number of carbonyl (C=O) groups is 1. The lowest BCUT2D eigenvalue weighted by atomic mass is 10.2. The molecule has 0 fully saturated rings. The molecule has 0 aliphatic heterocycles. The summed E-state index contributed by atoms with van der Waals surface area (Å²) in [7, 11) is 1.54. The normalized spacial score (nSPS) is 11.0. The fourth-order valence-electron chi connectivity index (χ4n) is 2.59. The summed E-state index contributed by atoms with van der Waals surface area (Å²) < 4.78 is 5.11. The lowest BCUT2D eigenvalue weighted by Gasteiger charge is -2.22. The number of rotatable bonds is 7. The second-order valence-electron chi connectivity index (χ2n) is 5.80. The summed E-state index contributed by atoms with van der Waals surface area (Å²) in [5, 5.41) is 1.09. The Kier molecular flexibility index (Phi) is 6.61. The molecule has 10 heteroatoms. The van der Waals surface area contributed by atoms with E-state index in [2.05, 4.69) is 19.9 Å². The van der Waals surface area contributed by atoms with Gasteiger partial charge in [-0.2, -0.15) is 0 Å². The first-order valence-electron chi connectivity index (χ1n) is 8.36. The molecular weight excluding hydrogens is 402 g/mol. The number of thioether (sulfide) groups is 1. The van der Waals surface area contributed by atoms with Crippen LogP contribution in [0.5, 0.6) is 0 Å². The quantitative estimate of drug-likeness (QED) is 0.463. The van der Waals surface area contributed by atoms with Crippen LogP contribution >= 0.6 is 23.4 Å². The number of ether oxygens (including phenoxy) is 1. The topological polar surface area (TPSA) is 101 Å². The molecule has 0 saturated carbocycles. The van der Waals surface area contributed by atoms with E-state index in [1.54, 1.807) is 31.4 Å². The first kappa shape index (κ1) is 20.2. The Hall–Kier alpha value is -2.49. The SMILES string of the molecule is COCCN(Cc1nc2ccccc2c(=O)[nH]1)C(=O)c1nc(SC)ncc1Cl. The van der Waals surface area contributed by atoms with Gasteiger partial charge in [0.15, 0.2) is 10.9 Å². The highest BCUT2D eigenvalue weighted by atomic mass is 35.5. The van der Waals surface area contributed by atoms with E-state index >= 15 is 0 Å². The van der Waals surface area contributed by atoms with Crippen LogP contribution in [0.1, 0.15) is 16.3 Å². The van der Waals surface area contributed by atoms with Gasteiger partial charge in [0.2, 0.25) is 0 Å². The van der Waals surface area contributed by atoms with Crippen molar-refractivity contribution >= 4 is 40.2 Å². The maximum atomic E-state index is 13.1. The standard InChI is InChI=1S/C18H18ClN5O3S/c1-27-8-7-24(17(26)15-12(19)9-20-18(23-15)28-2)10-14-21-13-6-4-3-5-11(13)16(25)22-14/h3-6,9H,7-8,10H2,1-2H3,(H,21,22,25). The number of para-hydroxylation sites is 1. The number of nitrogens with zero attached hydrogens (tertiary/aromatic N) is 4. The van der Waals surface area contributed by atoms with Crippen molar-refractivity contribution in [3.05, 3.63) is 57.4 Å². The molecule has 2 aromatic heterocycles. The third-order valence-corrected chi connectivity index (χ3v) is 4.80. The van der Waals surface area contributed by atoms with Crippen LogP contribution in [0.2, 0.25) is 5.02 Å². The van der Waals surface area contributed by atoms with Gasteiger partial charge in [0.25, 0.3) is 11.5 Å². The van der Waals surface area contributed by atoms with Crippen LogP contribution in [0.4, 0.5) is 0 Å². The fraction of sp³-hybridized carbons (Fsp3) is 0.278. The van der Waals surface area contributed by atoms with E-state index in [1.165, 1.54) is 22.9 Å². The number of H-pyrrole nitrogens is 1. The second-order valence-corrected chi connectivity index (χ2v) is 6.98. The zero-order valence-electron chi connectivity index (χ0n) is 15.3. The second kappa shape index (κ2) is 9.13. The Bertz CT molecular complexity index is 1060. The van der Waals surface area contributed by atoms with Gasteiger partial charge in [0.05, 0.1) is 35.3 Å². The van der Waals surface area contributed by atoms with Crippen LogP contribution in [0, 0.1) is 0 Å². The minimum absolute atomic E-state index is 0.0806. The van der Waals surface area contributed by atoms with Crippen molar-refractivity contribution in [3.63, 3.8) is 0 Å². The molecule has 0 unspecified atom stereocenters. The molecule has 28 heavy (non-hydrogen) atoms. The van der Waals surface area contributed by atoms with E-state index in [4.69, 9.17) is 16.3 Å². The summed E-state index contributed by atoms with van der Waals surface area (Å²) in [5.74, 6) is -0.0287. The van der Waals surface area contributed by atoms with Crippen LogP contribution in [-0.4, -0.2) is 57.3 Å². The number of amides is 1. The minimum Gasteiger partial charge on any atom is -0.383 e. The van der Waals surface area contributed by atoms with Gasteiger partial charge in [-0.1, -0.05) is 35.5 Å². The van der Waals surface area contributed by atoms with Crippen LogP contribution in [0.3, 0.4) is 0 Å². The number of aromatic nitrogens is 4. The number of hydrogen-bond donors (Lipinski definition) is 1. The average molecular weight is 420 g/mol. The molecule has 0 saturated heterocycles. The van der Waals surface area contributed by atoms with Crippen molar-refractivity contribution < 1.29 is 9.53 Å². The molecule has 0 aliphatic carbocycles. The van der Waals surface area contributed by atoms with Crippen molar-refractivity contribution in [3.8, 4) is 0 Å². The van der Waals surface area contributed by atoms with Crippen LogP contribution in [0.25, 0.3) is 10.9 Å². The lowest BCUT2D eigenvalue weighted by Crippen LogP contribution is -2.35. The Morgan fingerprint density at radius 2 is 2.11 bits per heavy atom. The van der Waals surface area contributed by atoms with Crippen LogP contribution in [0.15, 0.2) is 40.4 Å². The molecule has 1 aromatic carbocycles. The first-order chi connectivity index (χ1) is 13.5.